The van der Waals surface area contributed by atoms with Gasteiger partial charge in [-0.25, -0.2) is 0 Å². The monoisotopic (exact) mass is 542 g/mol. The summed E-state index contributed by atoms with van der Waals surface area (Å²) in [5.74, 6) is 2.30. The Morgan fingerprint density at radius 3 is 2.03 bits per heavy atom. The van der Waals surface area contributed by atoms with Crippen molar-refractivity contribution < 1.29 is 19.0 Å². The summed E-state index contributed by atoms with van der Waals surface area (Å²) in [6, 6.07) is 13.6. The third kappa shape index (κ3) is 8.52. The number of methoxy groups -OCH3 is 3. The van der Waals surface area contributed by atoms with Gasteiger partial charge in [0.1, 0.15) is 0 Å². The molecule has 3 N–H and O–H groups in total. The van der Waals surface area contributed by atoms with Crippen LogP contribution in [0.25, 0.3) is 0 Å². The van der Waals surface area contributed by atoms with E-state index in [0.29, 0.717) is 49.3 Å². The highest BCUT2D eigenvalue weighted by Crippen LogP contribution is 2.38. The molecular weight excluding hydrogens is 511 g/mol. The number of rotatable bonds is 10. The van der Waals surface area contributed by atoms with E-state index in [2.05, 4.69) is 20.9 Å². The van der Waals surface area contributed by atoms with Gasteiger partial charge >= 0.3 is 0 Å². The Hall–Kier alpha value is -2.69. The first-order valence-corrected chi connectivity index (χ1v) is 9.65. The molecule has 0 spiro atoms. The first kappa shape index (κ1) is 26.3. The third-order valence-corrected chi connectivity index (χ3v) is 4.39. The van der Waals surface area contributed by atoms with Gasteiger partial charge in [0, 0.05) is 33.1 Å². The van der Waals surface area contributed by atoms with E-state index in [0.717, 1.165) is 11.1 Å². The van der Waals surface area contributed by atoms with Gasteiger partial charge in [-0.05, 0) is 23.3 Å². The molecule has 8 nitrogen and oxygen atoms in total. The molecule has 0 atom stereocenters. The molecule has 2 rings (SSSR count). The maximum absolute atomic E-state index is 12.0. The van der Waals surface area contributed by atoms with Gasteiger partial charge in [0.25, 0.3) is 0 Å². The summed E-state index contributed by atoms with van der Waals surface area (Å²) < 4.78 is 16.1. The van der Waals surface area contributed by atoms with Crippen molar-refractivity contribution in [3.8, 4) is 17.2 Å². The second-order valence-electron chi connectivity index (χ2n) is 6.40. The zero-order chi connectivity index (χ0) is 21.8. The average Bonchev–Trinajstić information content (AvgIpc) is 2.79. The lowest BCUT2D eigenvalue weighted by atomic mass is 10.2. The Morgan fingerprint density at radius 1 is 0.871 bits per heavy atom. The molecule has 1 amide bonds. The molecule has 0 unspecified atom stereocenters. The molecule has 2 aromatic rings. The number of nitrogens with zero attached hydrogens (tertiary/aromatic N) is 1. The van der Waals surface area contributed by atoms with Crippen molar-refractivity contribution in [1.29, 1.82) is 0 Å². The van der Waals surface area contributed by atoms with Crippen LogP contribution in [0.4, 0.5) is 0 Å². The second kappa shape index (κ2) is 14.3. The van der Waals surface area contributed by atoms with E-state index in [1.54, 1.807) is 28.4 Å². The van der Waals surface area contributed by atoms with Crippen molar-refractivity contribution in [1.82, 2.24) is 16.0 Å². The number of carbonyl (C=O) groups is 1. The van der Waals surface area contributed by atoms with Crippen molar-refractivity contribution in [2.45, 2.75) is 19.5 Å². The highest BCUT2D eigenvalue weighted by molar-refractivity contribution is 14.0. The van der Waals surface area contributed by atoms with Gasteiger partial charge in [-0.3, -0.25) is 9.79 Å². The molecule has 9 heteroatoms. The fourth-order valence-corrected chi connectivity index (χ4v) is 2.82. The number of ether oxygens (including phenoxy) is 3. The number of hydrogen-bond acceptors (Lipinski definition) is 5. The summed E-state index contributed by atoms with van der Waals surface area (Å²) in [6.07, 6.45) is 0.345. The van der Waals surface area contributed by atoms with Gasteiger partial charge in [0.15, 0.2) is 17.5 Å². The number of carbonyl (C=O) groups excluding carboxylic acids is 1. The first-order valence-electron chi connectivity index (χ1n) is 9.65. The van der Waals surface area contributed by atoms with E-state index in [9.17, 15) is 4.79 Å². The van der Waals surface area contributed by atoms with Crippen LogP contribution in [0.1, 0.15) is 17.5 Å². The van der Waals surface area contributed by atoms with Gasteiger partial charge in [-0.2, -0.15) is 0 Å². The molecule has 0 aromatic heterocycles. The first-order chi connectivity index (χ1) is 14.6. The minimum Gasteiger partial charge on any atom is -0.493 e. The van der Waals surface area contributed by atoms with Gasteiger partial charge < -0.3 is 30.2 Å². The summed E-state index contributed by atoms with van der Waals surface area (Å²) in [7, 11) is 6.41. The van der Waals surface area contributed by atoms with E-state index in [1.165, 1.54) is 0 Å². The Labute approximate surface area is 200 Å². The summed E-state index contributed by atoms with van der Waals surface area (Å²) in [5, 5.41) is 9.26. The van der Waals surface area contributed by atoms with Crippen molar-refractivity contribution in [2.24, 2.45) is 4.99 Å². The summed E-state index contributed by atoms with van der Waals surface area (Å²) in [4.78, 5) is 16.2. The van der Waals surface area contributed by atoms with Crippen LogP contribution >= 0.6 is 24.0 Å². The Balaban J connectivity index is 0.00000480. The number of nitrogens with one attached hydrogen (secondary N) is 3. The van der Waals surface area contributed by atoms with Crippen molar-refractivity contribution >= 4 is 35.8 Å². The maximum Gasteiger partial charge on any atom is 0.222 e. The Bertz CT molecular complexity index is 822. The second-order valence-corrected chi connectivity index (χ2v) is 6.40. The largest absolute Gasteiger partial charge is 0.493 e. The molecule has 0 heterocycles. The van der Waals surface area contributed by atoms with Crippen molar-refractivity contribution in [3.63, 3.8) is 0 Å². The lowest BCUT2D eigenvalue weighted by Gasteiger charge is -2.16. The number of amides is 1. The Kier molecular flexibility index (Phi) is 12.2. The van der Waals surface area contributed by atoms with Crippen LogP contribution in [0.15, 0.2) is 47.5 Å². The lowest BCUT2D eigenvalue weighted by molar-refractivity contribution is -0.121. The van der Waals surface area contributed by atoms with E-state index in [4.69, 9.17) is 14.2 Å². The van der Waals surface area contributed by atoms with Gasteiger partial charge in [-0.15, -0.1) is 24.0 Å². The SMILES string of the molecule is CN=C(NCCC(=O)NCc1ccccc1)NCc1cc(OC)c(OC)c(OC)c1.I. The number of halogens is 1. The fourth-order valence-electron chi connectivity index (χ4n) is 2.82. The van der Waals surface area contributed by atoms with E-state index >= 15 is 0 Å². The fraction of sp³-hybridized carbons (Fsp3) is 0.364. The molecule has 0 aliphatic carbocycles. The van der Waals surface area contributed by atoms with Crippen LogP contribution in [0, 0.1) is 0 Å². The quantitative estimate of drug-likeness (QED) is 0.243. The highest BCUT2D eigenvalue weighted by Gasteiger charge is 2.13. The minimum atomic E-state index is -0.0218. The summed E-state index contributed by atoms with van der Waals surface area (Å²) in [6.45, 7) is 1.49. The zero-order valence-electron chi connectivity index (χ0n) is 18.4. The number of hydrogen-bond donors (Lipinski definition) is 3. The van der Waals surface area contributed by atoms with Gasteiger partial charge in [-0.1, -0.05) is 30.3 Å². The van der Waals surface area contributed by atoms with Crippen molar-refractivity contribution in [3.05, 3.63) is 53.6 Å². The molecule has 0 radical (unpaired) electrons. The topological polar surface area (TPSA) is 93.2 Å². The molecule has 0 saturated heterocycles. The highest BCUT2D eigenvalue weighted by atomic mass is 127. The summed E-state index contributed by atoms with van der Waals surface area (Å²) >= 11 is 0. The maximum atomic E-state index is 12.0. The normalized spacial score (nSPS) is 10.5. The summed E-state index contributed by atoms with van der Waals surface area (Å²) in [5.41, 5.74) is 2.01. The molecule has 0 aliphatic heterocycles. The standard InChI is InChI=1S/C22H30N4O4.HI/c1-23-22(24-11-10-20(27)25-14-16-8-6-5-7-9-16)26-15-17-12-18(28-2)21(30-4)19(13-17)29-3;/h5-9,12-13H,10-11,14-15H2,1-4H3,(H,25,27)(H2,23,24,26);1H. The number of aliphatic imine (C=N–C) groups is 1. The molecule has 31 heavy (non-hydrogen) atoms. The molecular formula is C22H31IN4O4. The average molecular weight is 542 g/mol. The minimum absolute atomic E-state index is 0. The van der Waals surface area contributed by atoms with Crippen LogP contribution in [0.5, 0.6) is 17.2 Å². The smallest absolute Gasteiger partial charge is 0.222 e. The van der Waals surface area contributed by atoms with E-state index in [1.807, 2.05) is 42.5 Å². The van der Waals surface area contributed by atoms with E-state index in [-0.39, 0.29) is 29.9 Å². The number of benzene rings is 2. The molecule has 0 saturated carbocycles. The predicted molar refractivity (Wildman–Crippen MR) is 133 cm³/mol. The number of guanidine groups is 1. The zero-order valence-corrected chi connectivity index (χ0v) is 20.7. The van der Waals surface area contributed by atoms with Crippen molar-refractivity contribution in [2.75, 3.05) is 34.9 Å². The van der Waals surface area contributed by atoms with Crippen LogP contribution in [-0.4, -0.2) is 46.8 Å². The van der Waals surface area contributed by atoms with Gasteiger partial charge in [0.2, 0.25) is 11.7 Å². The van der Waals surface area contributed by atoms with Crippen LogP contribution < -0.4 is 30.2 Å². The molecule has 2 aromatic carbocycles. The third-order valence-electron chi connectivity index (χ3n) is 4.39. The van der Waals surface area contributed by atoms with Crippen LogP contribution in [0.2, 0.25) is 0 Å². The van der Waals surface area contributed by atoms with E-state index < -0.39 is 0 Å². The predicted octanol–water partition coefficient (Wildman–Crippen LogP) is 2.70. The van der Waals surface area contributed by atoms with Crippen LogP contribution in [-0.2, 0) is 17.9 Å². The molecule has 0 fully saturated rings. The molecule has 170 valence electrons. The molecule has 0 aliphatic rings. The molecule has 0 bridgehead atoms. The Morgan fingerprint density at radius 2 is 1.48 bits per heavy atom. The van der Waals surface area contributed by atoms with Crippen LogP contribution in [0.3, 0.4) is 0 Å². The van der Waals surface area contributed by atoms with Gasteiger partial charge in [0.05, 0.1) is 21.3 Å². The lowest BCUT2D eigenvalue weighted by Crippen LogP contribution is -2.38.